The highest BCUT2D eigenvalue weighted by atomic mass is 15.1. The summed E-state index contributed by atoms with van der Waals surface area (Å²) in [5.41, 5.74) is 6.74. The van der Waals surface area contributed by atoms with Crippen molar-refractivity contribution in [2.24, 2.45) is 10.7 Å². The van der Waals surface area contributed by atoms with Crippen molar-refractivity contribution in [3.05, 3.63) is 11.8 Å². The molecule has 0 amide bonds. The van der Waals surface area contributed by atoms with E-state index in [0.29, 0.717) is 6.04 Å². The van der Waals surface area contributed by atoms with Gasteiger partial charge in [0.05, 0.1) is 0 Å². The maximum atomic E-state index is 5.61. The standard InChI is InChI=1S/C15H31N3/c1-5-8-15(7-3)18(10-6-2)11-9-14(12-16)13-17-4/h12-13,15H,5-11,16H2,1-4H3/b14-12-,17-13?. The SMILES string of the molecule is CCCC(CC)N(CCC)CC/C(C=NC)=C/N. The van der Waals surface area contributed by atoms with Crippen LogP contribution in [0, 0.1) is 0 Å². The van der Waals surface area contributed by atoms with Crippen molar-refractivity contribution in [1.29, 1.82) is 0 Å². The monoisotopic (exact) mass is 253 g/mol. The summed E-state index contributed by atoms with van der Waals surface area (Å²) in [4.78, 5) is 6.65. The first kappa shape index (κ1) is 17.2. The van der Waals surface area contributed by atoms with Crippen LogP contribution in [0.2, 0.25) is 0 Å². The number of nitrogens with two attached hydrogens (primary N) is 1. The fourth-order valence-corrected chi connectivity index (χ4v) is 2.37. The molecule has 2 N–H and O–H groups in total. The molecule has 3 nitrogen and oxygen atoms in total. The van der Waals surface area contributed by atoms with E-state index in [1.807, 2.05) is 6.21 Å². The second kappa shape index (κ2) is 11.3. The van der Waals surface area contributed by atoms with Crippen LogP contribution in [0.1, 0.15) is 52.9 Å². The molecular weight excluding hydrogens is 222 g/mol. The molecule has 0 aliphatic rings. The van der Waals surface area contributed by atoms with Gasteiger partial charge in [0, 0.05) is 25.8 Å². The van der Waals surface area contributed by atoms with Gasteiger partial charge in [0.2, 0.25) is 0 Å². The molecule has 3 heteroatoms. The minimum Gasteiger partial charge on any atom is -0.404 e. The normalized spacial score (nSPS) is 14.6. The largest absolute Gasteiger partial charge is 0.404 e. The van der Waals surface area contributed by atoms with E-state index >= 15 is 0 Å². The lowest BCUT2D eigenvalue weighted by molar-refractivity contribution is 0.183. The first-order chi connectivity index (χ1) is 8.73. The molecular formula is C15H31N3. The maximum Gasteiger partial charge on any atom is 0.0277 e. The summed E-state index contributed by atoms with van der Waals surface area (Å²) >= 11 is 0. The average molecular weight is 253 g/mol. The zero-order chi connectivity index (χ0) is 13.8. The minimum atomic E-state index is 0.715. The van der Waals surface area contributed by atoms with Crippen LogP contribution in [0.25, 0.3) is 0 Å². The van der Waals surface area contributed by atoms with Gasteiger partial charge in [-0.05, 0) is 44.0 Å². The molecule has 18 heavy (non-hydrogen) atoms. The van der Waals surface area contributed by atoms with Gasteiger partial charge < -0.3 is 10.6 Å². The lowest BCUT2D eigenvalue weighted by atomic mass is 10.1. The van der Waals surface area contributed by atoms with Gasteiger partial charge in [0.1, 0.15) is 0 Å². The Morgan fingerprint density at radius 1 is 1.22 bits per heavy atom. The Bertz CT molecular complexity index is 246. The van der Waals surface area contributed by atoms with Crippen molar-refractivity contribution in [3.63, 3.8) is 0 Å². The molecule has 1 atom stereocenters. The van der Waals surface area contributed by atoms with Crippen LogP contribution < -0.4 is 5.73 Å². The molecule has 106 valence electrons. The molecule has 0 aromatic carbocycles. The van der Waals surface area contributed by atoms with Gasteiger partial charge in [-0.15, -0.1) is 0 Å². The third kappa shape index (κ3) is 6.80. The van der Waals surface area contributed by atoms with E-state index in [1.165, 1.54) is 32.2 Å². The molecule has 0 fully saturated rings. The first-order valence-corrected chi connectivity index (χ1v) is 7.30. The highest BCUT2D eigenvalue weighted by Crippen LogP contribution is 2.13. The summed E-state index contributed by atoms with van der Waals surface area (Å²) in [6, 6.07) is 0.715. The van der Waals surface area contributed by atoms with E-state index in [9.17, 15) is 0 Å². The summed E-state index contributed by atoms with van der Waals surface area (Å²) in [6.07, 6.45) is 9.53. The van der Waals surface area contributed by atoms with Crippen molar-refractivity contribution in [2.75, 3.05) is 20.1 Å². The predicted octanol–water partition coefficient (Wildman–Crippen LogP) is 3.21. The van der Waals surface area contributed by atoms with Crippen molar-refractivity contribution in [1.82, 2.24) is 4.90 Å². The topological polar surface area (TPSA) is 41.6 Å². The van der Waals surface area contributed by atoms with Gasteiger partial charge in [0.25, 0.3) is 0 Å². The molecule has 0 aliphatic carbocycles. The van der Waals surface area contributed by atoms with Crippen molar-refractivity contribution in [3.8, 4) is 0 Å². The van der Waals surface area contributed by atoms with Crippen molar-refractivity contribution < 1.29 is 0 Å². The first-order valence-electron chi connectivity index (χ1n) is 7.30. The zero-order valence-electron chi connectivity index (χ0n) is 12.7. The van der Waals surface area contributed by atoms with Crippen LogP contribution in [-0.2, 0) is 0 Å². The lowest BCUT2D eigenvalue weighted by Crippen LogP contribution is -2.36. The summed E-state index contributed by atoms with van der Waals surface area (Å²) in [5, 5.41) is 0. The van der Waals surface area contributed by atoms with Crippen LogP contribution >= 0.6 is 0 Å². The third-order valence-corrected chi connectivity index (χ3v) is 3.32. The minimum absolute atomic E-state index is 0.715. The third-order valence-electron chi connectivity index (χ3n) is 3.32. The Morgan fingerprint density at radius 3 is 2.39 bits per heavy atom. The van der Waals surface area contributed by atoms with E-state index in [4.69, 9.17) is 5.73 Å². The fraction of sp³-hybridized carbons (Fsp3) is 0.800. The van der Waals surface area contributed by atoms with Crippen molar-refractivity contribution >= 4 is 6.21 Å². The molecule has 0 rings (SSSR count). The second-order valence-electron chi connectivity index (χ2n) is 4.77. The van der Waals surface area contributed by atoms with E-state index < -0.39 is 0 Å². The van der Waals surface area contributed by atoms with Gasteiger partial charge >= 0.3 is 0 Å². The highest BCUT2D eigenvalue weighted by Gasteiger charge is 2.14. The van der Waals surface area contributed by atoms with Crippen LogP contribution in [0.15, 0.2) is 16.8 Å². The van der Waals surface area contributed by atoms with Gasteiger partial charge in [-0.25, -0.2) is 0 Å². The Morgan fingerprint density at radius 2 is 1.94 bits per heavy atom. The van der Waals surface area contributed by atoms with E-state index in [0.717, 1.165) is 18.5 Å². The van der Waals surface area contributed by atoms with Crippen LogP contribution in [-0.4, -0.2) is 37.3 Å². The number of nitrogens with zero attached hydrogens (tertiary/aromatic N) is 2. The number of hydrogen-bond donors (Lipinski definition) is 1. The highest BCUT2D eigenvalue weighted by molar-refractivity contribution is 5.78. The Hall–Kier alpha value is -0.830. The second-order valence-corrected chi connectivity index (χ2v) is 4.77. The number of rotatable bonds is 10. The Kier molecular flexibility index (Phi) is 10.8. The van der Waals surface area contributed by atoms with Gasteiger partial charge in [0.15, 0.2) is 0 Å². The number of aliphatic imine (C=N–C) groups is 1. The van der Waals surface area contributed by atoms with E-state index in [2.05, 4.69) is 30.7 Å². The van der Waals surface area contributed by atoms with Gasteiger partial charge in [-0.2, -0.15) is 0 Å². The summed E-state index contributed by atoms with van der Waals surface area (Å²) in [5.74, 6) is 0. The smallest absolute Gasteiger partial charge is 0.0277 e. The molecule has 0 heterocycles. The molecule has 0 radical (unpaired) electrons. The van der Waals surface area contributed by atoms with E-state index in [1.54, 1.807) is 13.2 Å². The molecule has 0 spiro atoms. The predicted molar refractivity (Wildman–Crippen MR) is 82.2 cm³/mol. The molecule has 0 saturated heterocycles. The Balaban J connectivity index is 4.41. The quantitative estimate of drug-likeness (QED) is 0.607. The average Bonchev–Trinajstić information content (AvgIpc) is 2.39. The zero-order valence-corrected chi connectivity index (χ0v) is 12.7. The fourth-order valence-electron chi connectivity index (χ4n) is 2.37. The molecule has 0 aliphatic heterocycles. The summed E-state index contributed by atoms with van der Waals surface area (Å²) in [6.45, 7) is 9.07. The van der Waals surface area contributed by atoms with Crippen LogP contribution in [0.4, 0.5) is 0 Å². The number of hydrogen-bond acceptors (Lipinski definition) is 3. The Labute approximate surface area is 113 Å². The molecule has 0 aromatic heterocycles. The maximum absolute atomic E-state index is 5.61. The van der Waals surface area contributed by atoms with Crippen LogP contribution in [0.5, 0.6) is 0 Å². The van der Waals surface area contributed by atoms with Gasteiger partial charge in [-0.3, -0.25) is 4.99 Å². The molecule has 0 aromatic rings. The molecule has 0 saturated carbocycles. The lowest BCUT2D eigenvalue weighted by Gasteiger charge is -2.30. The van der Waals surface area contributed by atoms with Gasteiger partial charge in [-0.1, -0.05) is 27.2 Å². The van der Waals surface area contributed by atoms with Crippen molar-refractivity contribution in [2.45, 2.75) is 58.9 Å². The summed E-state index contributed by atoms with van der Waals surface area (Å²) in [7, 11) is 1.79. The summed E-state index contributed by atoms with van der Waals surface area (Å²) < 4.78 is 0. The molecule has 1 unspecified atom stereocenters. The van der Waals surface area contributed by atoms with E-state index in [-0.39, 0.29) is 0 Å². The molecule has 0 bridgehead atoms. The van der Waals surface area contributed by atoms with Crippen LogP contribution in [0.3, 0.4) is 0 Å².